The second kappa shape index (κ2) is 11.5. The lowest BCUT2D eigenvalue weighted by Gasteiger charge is -2.20. The van der Waals surface area contributed by atoms with Gasteiger partial charge in [-0.15, -0.1) is 0 Å². The Morgan fingerprint density at radius 2 is 1.65 bits per heavy atom. The number of nitrogens with zero attached hydrogens (tertiary/aromatic N) is 7. The first-order valence-electron chi connectivity index (χ1n) is 11.1. The van der Waals surface area contributed by atoms with Gasteiger partial charge in [0, 0.05) is 51.2 Å². The molecule has 1 fully saturated rings. The van der Waals surface area contributed by atoms with Crippen LogP contribution in [0.2, 0.25) is 10.3 Å². The third kappa shape index (κ3) is 6.31. The van der Waals surface area contributed by atoms with Gasteiger partial charge < -0.3 is 20.2 Å². The third-order valence-corrected chi connectivity index (χ3v) is 6.15. The summed E-state index contributed by atoms with van der Waals surface area (Å²) in [6, 6.07) is 6.68. The van der Waals surface area contributed by atoms with Crippen LogP contribution in [0.25, 0.3) is 0 Å². The maximum atomic E-state index is 12.0. The van der Waals surface area contributed by atoms with Crippen molar-refractivity contribution in [1.82, 2.24) is 25.1 Å². The molecule has 15 heteroatoms. The average Bonchev–Trinajstić information content (AvgIpc) is 3.50. The second-order valence-electron chi connectivity index (χ2n) is 8.20. The highest BCUT2D eigenvalue weighted by Gasteiger charge is 2.36. The maximum Gasteiger partial charge on any atom is 0.318 e. The molecule has 13 nitrogen and oxygen atoms in total. The van der Waals surface area contributed by atoms with Gasteiger partial charge in [0.2, 0.25) is 5.84 Å². The largest absolute Gasteiger partial charge is 0.377 e. The minimum Gasteiger partial charge on any atom is -0.377 e. The lowest BCUT2D eigenvalue weighted by atomic mass is 10.1. The molecule has 2 aliphatic heterocycles. The Bertz CT molecular complexity index is 1270. The summed E-state index contributed by atoms with van der Waals surface area (Å²) in [5.74, 6) is 0.0963. The van der Waals surface area contributed by atoms with E-state index in [4.69, 9.17) is 23.2 Å². The molecule has 2 aliphatic rings. The van der Waals surface area contributed by atoms with Crippen LogP contribution in [0, 0.1) is 20.2 Å². The molecule has 0 aliphatic carbocycles. The van der Waals surface area contributed by atoms with Crippen LogP contribution >= 0.6 is 23.2 Å². The number of amidine groups is 1. The Hall–Kier alpha value is -3.81. The number of rotatable bonds is 9. The van der Waals surface area contributed by atoms with Crippen LogP contribution in [-0.2, 0) is 13.1 Å². The number of nitrogens with one attached hydrogen (secondary N) is 1. The van der Waals surface area contributed by atoms with E-state index in [0.29, 0.717) is 36.5 Å². The zero-order valence-electron chi connectivity index (χ0n) is 19.3. The van der Waals surface area contributed by atoms with Crippen molar-refractivity contribution < 1.29 is 15.0 Å². The molecule has 4 heterocycles. The molecule has 2 aromatic rings. The quantitative estimate of drug-likeness (QED) is 0.269. The van der Waals surface area contributed by atoms with Crippen molar-refractivity contribution in [3.8, 4) is 0 Å². The van der Waals surface area contributed by atoms with Crippen LogP contribution < -0.4 is 5.32 Å². The molecule has 0 bridgehead atoms. The number of hydrogen-bond acceptors (Lipinski definition) is 11. The van der Waals surface area contributed by atoms with Crippen LogP contribution in [0.1, 0.15) is 11.1 Å². The second-order valence-corrected chi connectivity index (χ2v) is 8.97. The van der Waals surface area contributed by atoms with E-state index in [-0.39, 0.29) is 24.7 Å². The normalized spacial score (nSPS) is 17.9. The van der Waals surface area contributed by atoms with Gasteiger partial charge in [-0.2, -0.15) is 0 Å². The van der Waals surface area contributed by atoms with Gasteiger partial charge in [-0.25, -0.2) is 9.97 Å². The van der Waals surface area contributed by atoms with E-state index in [2.05, 4.69) is 20.3 Å². The molecule has 1 atom stereocenters. The Morgan fingerprint density at radius 3 is 2.19 bits per heavy atom. The van der Waals surface area contributed by atoms with E-state index >= 15 is 0 Å². The molecule has 37 heavy (non-hydrogen) atoms. The monoisotopic (exact) mass is 548 g/mol. The molecule has 0 radical (unpaired) electrons. The molecule has 0 saturated carbocycles. The van der Waals surface area contributed by atoms with Crippen molar-refractivity contribution in [3.05, 3.63) is 102 Å². The molecule has 0 spiro atoms. The van der Waals surface area contributed by atoms with E-state index in [0.717, 1.165) is 17.2 Å². The lowest BCUT2D eigenvalue weighted by Crippen LogP contribution is -2.33. The summed E-state index contributed by atoms with van der Waals surface area (Å²) in [4.78, 5) is 38.1. The summed E-state index contributed by atoms with van der Waals surface area (Å²) in [5.41, 5.74) is 0.360. The highest BCUT2D eigenvalue weighted by Crippen LogP contribution is 2.23. The summed E-state index contributed by atoms with van der Waals surface area (Å²) >= 11 is 11.7. The molecule has 2 aromatic heterocycles. The summed E-state index contributed by atoms with van der Waals surface area (Å²) in [6.45, 7) is 2.03. The van der Waals surface area contributed by atoms with E-state index < -0.39 is 27.3 Å². The van der Waals surface area contributed by atoms with Crippen LogP contribution in [0.5, 0.6) is 0 Å². The first kappa shape index (κ1) is 26.3. The molecule has 2 N–H and O–H groups in total. The fraction of sp³-hybridized carbons (Fsp3) is 0.318. The van der Waals surface area contributed by atoms with Gasteiger partial charge in [0.15, 0.2) is 11.9 Å². The predicted molar refractivity (Wildman–Crippen MR) is 135 cm³/mol. The first-order chi connectivity index (χ1) is 17.7. The third-order valence-electron chi connectivity index (χ3n) is 5.71. The molecule has 0 amide bonds. The Balaban J connectivity index is 1.61. The molecule has 194 valence electrons. The van der Waals surface area contributed by atoms with E-state index in [1.54, 1.807) is 46.5 Å². The number of halogens is 2. The van der Waals surface area contributed by atoms with Crippen LogP contribution in [0.4, 0.5) is 0 Å². The van der Waals surface area contributed by atoms with Gasteiger partial charge in [-0.05, 0) is 23.3 Å². The fourth-order valence-electron chi connectivity index (χ4n) is 4.04. The van der Waals surface area contributed by atoms with Crippen molar-refractivity contribution in [2.24, 2.45) is 4.99 Å². The van der Waals surface area contributed by atoms with Crippen molar-refractivity contribution in [2.75, 3.05) is 26.2 Å². The van der Waals surface area contributed by atoms with Gasteiger partial charge >= 0.3 is 11.4 Å². The van der Waals surface area contributed by atoms with Crippen molar-refractivity contribution >= 4 is 29.0 Å². The number of pyridine rings is 2. The molecule has 1 unspecified atom stereocenters. The fourth-order valence-corrected chi connectivity index (χ4v) is 4.27. The number of nitro groups is 2. The zero-order chi connectivity index (χ0) is 26.5. The van der Waals surface area contributed by atoms with Crippen molar-refractivity contribution in [1.29, 1.82) is 0 Å². The number of aromatic nitrogens is 2. The highest BCUT2D eigenvalue weighted by atomic mass is 35.5. The first-order valence-corrected chi connectivity index (χ1v) is 11.9. The standard InChI is InChI=1S/C22H22Cl2N8O5/c23-18-3-1-14(10-27-18)12-29-7-5-25-21(29)16(31(34)35)9-17(33)20(32(36)37)22-26-6-8-30(22)13-15-2-4-19(24)28-11-15/h1-4,9-11,17,26,33H,5-8,12-13H2. The summed E-state index contributed by atoms with van der Waals surface area (Å²) in [5, 5.41) is 38.4. The van der Waals surface area contributed by atoms with Crippen molar-refractivity contribution in [3.63, 3.8) is 0 Å². The molecule has 4 rings (SSSR count). The Morgan fingerprint density at radius 1 is 1.03 bits per heavy atom. The minimum atomic E-state index is -1.89. The molecule has 1 saturated heterocycles. The average molecular weight is 549 g/mol. The predicted octanol–water partition coefficient (Wildman–Crippen LogP) is 2.07. The van der Waals surface area contributed by atoms with E-state index in [9.17, 15) is 25.3 Å². The highest BCUT2D eigenvalue weighted by molar-refractivity contribution is 6.29. The number of aliphatic hydroxyl groups excluding tert-OH is 1. The van der Waals surface area contributed by atoms with Crippen LogP contribution in [-0.4, -0.2) is 72.8 Å². The van der Waals surface area contributed by atoms with Gasteiger partial charge in [0.25, 0.3) is 0 Å². The van der Waals surface area contributed by atoms with E-state index in [1.165, 1.54) is 0 Å². The summed E-state index contributed by atoms with van der Waals surface area (Å²) in [7, 11) is 0. The number of aliphatic hydroxyl groups is 1. The van der Waals surface area contributed by atoms with E-state index in [1.807, 2.05) is 0 Å². The smallest absolute Gasteiger partial charge is 0.318 e. The van der Waals surface area contributed by atoms with Gasteiger partial charge in [-0.1, -0.05) is 35.3 Å². The van der Waals surface area contributed by atoms with Gasteiger partial charge in [-0.3, -0.25) is 25.2 Å². The topological polar surface area (TPSA) is 163 Å². The SMILES string of the molecule is O=[N+]([O-])C(=CC(O)C(=C1NCCN1Cc1ccc(Cl)nc1)[N+](=O)[O-])C1=NCCN1Cc1ccc(Cl)nc1. The Kier molecular flexibility index (Phi) is 8.16. The number of hydrogen-bond donors (Lipinski definition) is 2. The zero-order valence-corrected chi connectivity index (χ0v) is 20.8. The molecular formula is C22H22Cl2N8O5. The summed E-state index contributed by atoms with van der Waals surface area (Å²) in [6.07, 6.45) is 2.07. The summed E-state index contributed by atoms with van der Waals surface area (Å²) < 4.78 is 0. The van der Waals surface area contributed by atoms with Crippen molar-refractivity contribution in [2.45, 2.75) is 19.2 Å². The van der Waals surface area contributed by atoms with Crippen LogP contribution in [0.3, 0.4) is 0 Å². The lowest BCUT2D eigenvalue weighted by molar-refractivity contribution is -0.438. The number of aliphatic imine (C=N–C) groups is 1. The maximum absolute atomic E-state index is 12.0. The molecule has 0 aromatic carbocycles. The molecular weight excluding hydrogens is 527 g/mol. The minimum absolute atomic E-state index is 0.0233. The van der Waals surface area contributed by atoms with Crippen LogP contribution in [0.15, 0.2) is 64.9 Å². The van der Waals surface area contributed by atoms with Gasteiger partial charge in [0.1, 0.15) is 10.3 Å². The Labute approximate surface area is 221 Å². The van der Waals surface area contributed by atoms with Gasteiger partial charge in [0.05, 0.1) is 16.4 Å².